The van der Waals surface area contributed by atoms with E-state index in [0.29, 0.717) is 30.9 Å². The first-order chi connectivity index (χ1) is 9.52. The van der Waals surface area contributed by atoms with Gasteiger partial charge in [-0.2, -0.15) is 0 Å². The third kappa shape index (κ3) is 3.73. The molecule has 1 aromatic carbocycles. The summed E-state index contributed by atoms with van der Waals surface area (Å²) >= 11 is 0. The molecule has 4 heteroatoms. The SMILES string of the molecule is CCOc1cc(C)ccc1NC(=O)CC1(O)CCCC1. The third-order valence-corrected chi connectivity index (χ3v) is 3.73. The van der Waals surface area contributed by atoms with Crippen LogP contribution in [-0.4, -0.2) is 23.2 Å². The fourth-order valence-electron chi connectivity index (χ4n) is 2.71. The van der Waals surface area contributed by atoms with Crippen molar-refractivity contribution in [2.45, 2.75) is 51.6 Å². The van der Waals surface area contributed by atoms with Crippen LogP contribution in [0.2, 0.25) is 0 Å². The summed E-state index contributed by atoms with van der Waals surface area (Å²) < 4.78 is 5.54. The molecule has 20 heavy (non-hydrogen) atoms. The van der Waals surface area contributed by atoms with E-state index in [1.807, 2.05) is 32.0 Å². The number of carbonyl (C=O) groups excluding carboxylic acids is 1. The largest absolute Gasteiger partial charge is 0.492 e. The molecule has 0 radical (unpaired) electrons. The molecule has 1 aliphatic rings. The molecule has 4 nitrogen and oxygen atoms in total. The Morgan fingerprint density at radius 2 is 2.10 bits per heavy atom. The number of aliphatic hydroxyl groups is 1. The fourth-order valence-corrected chi connectivity index (χ4v) is 2.71. The normalized spacial score (nSPS) is 16.9. The lowest BCUT2D eigenvalue weighted by Crippen LogP contribution is -2.30. The van der Waals surface area contributed by atoms with Crippen LogP contribution in [0.1, 0.15) is 44.6 Å². The summed E-state index contributed by atoms with van der Waals surface area (Å²) in [6, 6.07) is 5.68. The molecule has 0 atom stereocenters. The highest BCUT2D eigenvalue weighted by atomic mass is 16.5. The Kier molecular flexibility index (Phi) is 4.65. The van der Waals surface area contributed by atoms with E-state index in [2.05, 4.69) is 5.32 Å². The van der Waals surface area contributed by atoms with Crippen molar-refractivity contribution in [2.24, 2.45) is 0 Å². The molecule has 0 spiro atoms. The van der Waals surface area contributed by atoms with Gasteiger partial charge < -0.3 is 15.2 Å². The van der Waals surface area contributed by atoms with E-state index in [0.717, 1.165) is 18.4 Å². The first-order valence-corrected chi connectivity index (χ1v) is 7.28. The Balaban J connectivity index is 2.03. The van der Waals surface area contributed by atoms with Gasteiger partial charge in [-0.3, -0.25) is 4.79 Å². The van der Waals surface area contributed by atoms with Crippen LogP contribution in [0.3, 0.4) is 0 Å². The highest BCUT2D eigenvalue weighted by Crippen LogP contribution is 2.33. The van der Waals surface area contributed by atoms with Crippen LogP contribution >= 0.6 is 0 Å². The number of ether oxygens (including phenoxy) is 1. The minimum atomic E-state index is -0.819. The molecule has 1 amide bonds. The molecule has 0 bridgehead atoms. The molecule has 2 N–H and O–H groups in total. The van der Waals surface area contributed by atoms with Crippen molar-refractivity contribution in [1.29, 1.82) is 0 Å². The third-order valence-electron chi connectivity index (χ3n) is 3.73. The van der Waals surface area contributed by atoms with Gasteiger partial charge in [-0.15, -0.1) is 0 Å². The number of benzene rings is 1. The molecular formula is C16H23NO3. The van der Waals surface area contributed by atoms with Crippen molar-refractivity contribution in [3.05, 3.63) is 23.8 Å². The Bertz CT molecular complexity index is 479. The highest BCUT2D eigenvalue weighted by Gasteiger charge is 2.33. The van der Waals surface area contributed by atoms with Gasteiger partial charge in [-0.25, -0.2) is 0 Å². The Hall–Kier alpha value is -1.55. The van der Waals surface area contributed by atoms with Gasteiger partial charge >= 0.3 is 0 Å². The first kappa shape index (κ1) is 14.9. The van der Waals surface area contributed by atoms with E-state index >= 15 is 0 Å². The van der Waals surface area contributed by atoms with E-state index in [-0.39, 0.29) is 12.3 Å². The maximum absolute atomic E-state index is 12.1. The standard InChI is InChI=1S/C16H23NO3/c1-3-20-14-10-12(2)6-7-13(14)17-15(18)11-16(19)8-4-5-9-16/h6-7,10,19H,3-5,8-9,11H2,1-2H3,(H,17,18). The van der Waals surface area contributed by atoms with Gasteiger partial charge in [0.25, 0.3) is 0 Å². The number of hydrogen-bond acceptors (Lipinski definition) is 3. The van der Waals surface area contributed by atoms with Crippen molar-refractivity contribution >= 4 is 11.6 Å². The Morgan fingerprint density at radius 1 is 1.40 bits per heavy atom. The molecule has 0 aromatic heterocycles. The van der Waals surface area contributed by atoms with Gasteiger partial charge in [-0.05, 0) is 44.4 Å². The van der Waals surface area contributed by atoms with Crippen LogP contribution in [0.5, 0.6) is 5.75 Å². The summed E-state index contributed by atoms with van der Waals surface area (Å²) in [7, 11) is 0. The topological polar surface area (TPSA) is 58.6 Å². The summed E-state index contributed by atoms with van der Waals surface area (Å²) in [5, 5.41) is 13.1. The second-order valence-corrected chi connectivity index (χ2v) is 5.59. The summed E-state index contributed by atoms with van der Waals surface area (Å²) in [6.07, 6.45) is 3.59. The second kappa shape index (κ2) is 6.27. The predicted octanol–water partition coefficient (Wildman–Crippen LogP) is 3.03. The number of rotatable bonds is 5. The average molecular weight is 277 g/mol. The van der Waals surface area contributed by atoms with Crippen molar-refractivity contribution in [1.82, 2.24) is 0 Å². The molecule has 0 aliphatic heterocycles. The Labute approximate surface area is 120 Å². The lowest BCUT2D eigenvalue weighted by Gasteiger charge is -2.21. The molecule has 0 heterocycles. The number of aryl methyl sites for hydroxylation is 1. The van der Waals surface area contributed by atoms with Crippen molar-refractivity contribution in [3.63, 3.8) is 0 Å². The maximum atomic E-state index is 12.1. The minimum Gasteiger partial charge on any atom is -0.492 e. The summed E-state index contributed by atoms with van der Waals surface area (Å²) in [5.41, 5.74) is 0.936. The number of carbonyl (C=O) groups is 1. The van der Waals surface area contributed by atoms with Crippen LogP contribution in [0.25, 0.3) is 0 Å². The molecule has 0 unspecified atom stereocenters. The van der Waals surface area contributed by atoms with E-state index in [1.165, 1.54) is 0 Å². The quantitative estimate of drug-likeness (QED) is 0.869. The van der Waals surface area contributed by atoms with E-state index in [1.54, 1.807) is 0 Å². The number of anilines is 1. The fraction of sp³-hybridized carbons (Fsp3) is 0.562. The summed E-state index contributed by atoms with van der Waals surface area (Å²) in [5.74, 6) is 0.526. The molecule has 1 fully saturated rings. The highest BCUT2D eigenvalue weighted by molar-refractivity contribution is 5.93. The average Bonchev–Trinajstić information content (AvgIpc) is 2.79. The van der Waals surface area contributed by atoms with Gasteiger partial charge in [-0.1, -0.05) is 18.9 Å². The zero-order chi connectivity index (χ0) is 14.6. The van der Waals surface area contributed by atoms with Crippen LogP contribution in [-0.2, 0) is 4.79 Å². The lowest BCUT2D eigenvalue weighted by molar-refractivity contribution is -0.120. The van der Waals surface area contributed by atoms with E-state index < -0.39 is 5.60 Å². The van der Waals surface area contributed by atoms with Crippen LogP contribution in [0.4, 0.5) is 5.69 Å². The lowest BCUT2D eigenvalue weighted by atomic mass is 9.97. The van der Waals surface area contributed by atoms with Crippen LogP contribution < -0.4 is 10.1 Å². The van der Waals surface area contributed by atoms with E-state index in [4.69, 9.17) is 4.74 Å². The predicted molar refractivity (Wildman–Crippen MR) is 79.0 cm³/mol. The molecule has 1 saturated carbocycles. The minimum absolute atomic E-state index is 0.154. The van der Waals surface area contributed by atoms with Crippen LogP contribution in [0.15, 0.2) is 18.2 Å². The molecular weight excluding hydrogens is 254 g/mol. The first-order valence-electron chi connectivity index (χ1n) is 7.28. The van der Waals surface area contributed by atoms with Gasteiger partial charge in [0.2, 0.25) is 5.91 Å². The smallest absolute Gasteiger partial charge is 0.227 e. The monoisotopic (exact) mass is 277 g/mol. The Morgan fingerprint density at radius 3 is 2.75 bits per heavy atom. The van der Waals surface area contributed by atoms with Crippen molar-refractivity contribution in [3.8, 4) is 5.75 Å². The van der Waals surface area contributed by atoms with Gasteiger partial charge in [0.05, 0.1) is 24.3 Å². The van der Waals surface area contributed by atoms with Crippen molar-refractivity contribution < 1.29 is 14.6 Å². The van der Waals surface area contributed by atoms with E-state index in [9.17, 15) is 9.90 Å². The molecule has 2 rings (SSSR count). The summed E-state index contributed by atoms with van der Waals surface area (Å²) in [4.78, 5) is 12.1. The van der Waals surface area contributed by atoms with Gasteiger partial charge in [0.1, 0.15) is 5.75 Å². The van der Waals surface area contributed by atoms with Crippen molar-refractivity contribution in [2.75, 3.05) is 11.9 Å². The summed E-state index contributed by atoms with van der Waals surface area (Å²) in [6.45, 7) is 4.45. The zero-order valence-corrected chi connectivity index (χ0v) is 12.2. The molecule has 110 valence electrons. The second-order valence-electron chi connectivity index (χ2n) is 5.59. The number of hydrogen-bond donors (Lipinski definition) is 2. The van der Waals surface area contributed by atoms with Gasteiger partial charge in [0, 0.05) is 0 Å². The molecule has 0 saturated heterocycles. The molecule has 1 aliphatic carbocycles. The number of nitrogens with one attached hydrogen (secondary N) is 1. The molecule has 1 aromatic rings. The zero-order valence-electron chi connectivity index (χ0n) is 12.2. The maximum Gasteiger partial charge on any atom is 0.227 e. The van der Waals surface area contributed by atoms with Crippen LogP contribution in [0, 0.1) is 6.92 Å². The van der Waals surface area contributed by atoms with Gasteiger partial charge in [0.15, 0.2) is 0 Å². The number of amides is 1.